The highest BCUT2D eigenvalue weighted by molar-refractivity contribution is 5.31. The van der Waals surface area contributed by atoms with Crippen LogP contribution in [0.4, 0.5) is 0 Å². The summed E-state index contributed by atoms with van der Waals surface area (Å²) in [6, 6.07) is 4.05. The number of nitrogens with zero attached hydrogens (tertiary/aromatic N) is 1. The van der Waals surface area contributed by atoms with Gasteiger partial charge < -0.3 is 10.8 Å². The number of rotatable bonds is 3. The largest absolute Gasteiger partial charge is 0.388 e. The molecule has 1 heterocycles. The third kappa shape index (κ3) is 1.66. The molecule has 0 saturated carbocycles. The molecular formula is C12H18N2O. The highest BCUT2D eigenvalue weighted by Crippen LogP contribution is 2.40. The lowest BCUT2D eigenvalue weighted by Gasteiger charge is -2.31. The number of aromatic nitrogens is 1. The van der Waals surface area contributed by atoms with E-state index < -0.39 is 5.60 Å². The van der Waals surface area contributed by atoms with Gasteiger partial charge in [-0.05, 0) is 30.9 Å². The van der Waals surface area contributed by atoms with E-state index >= 15 is 0 Å². The Balaban J connectivity index is 2.34. The van der Waals surface area contributed by atoms with Crippen LogP contribution in [0.5, 0.6) is 0 Å². The Morgan fingerprint density at radius 2 is 2.47 bits per heavy atom. The lowest BCUT2D eigenvalue weighted by molar-refractivity contribution is 0.0158. The topological polar surface area (TPSA) is 59.1 Å². The van der Waals surface area contributed by atoms with Crippen molar-refractivity contribution in [3.05, 3.63) is 29.6 Å². The van der Waals surface area contributed by atoms with Crippen LogP contribution in [0.2, 0.25) is 0 Å². The quantitative estimate of drug-likeness (QED) is 0.781. The van der Waals surface area contributed by atoms with Crippen LogP contribution < -0.4 is 5.73 Å². The van der Waals surface area contributed by atoms with Crippen LogP contribution >= 0.6 is 0 Å². The molecule has 1 aromatic heterocycles. The van der Waals surface area contributed by atoms with E-state index in [1.807, 2.05) is 13.0 Å². The van der Waals surface area contributed by atoms with Crippen molar-refractivity contribution in [1.82, 2.24) is 4.98 Å². The van der Waals surface area contributed by atoms with E-state index in [-0.39, 0.29) is 5.92 Å². The predicted molar refractivity (Wildman–Crippen MR) is 59.6 cm³/mol. The van der Waals surface area contributed by atoms with Gasteiger partial charge in [0.05, 0.1) is 5.60 Å². The van der Waals surface area contributed by atoms with Gasteiger partial charge in [0.1, 0.15) is 0 Å². The molecule has 1 aliphatic carbocycles. The van der Waals surface area contributed by atoms with Gasteiger partial charge in [-0.2, -0.15) is 0 Å². The van der Waals surface area contributed by atoms with Gasteiger partial charge in [0.15, 0.2) is 0 Å². The second kappa shape index (κ2) is 3.91. The molecule has 1 aromatic rings. The molecule has 0 bridgehead atoms. The molecule has 82 valence electrons. The summed E-state index contributed by atoms with van der Waals surface area (Å²) in [4.78, 5) is 4.39. The van der Waals surface area contributed by atoms with E-state index in [1.165, 1.54) is 5.56 Å². The van der Waals surface area contributed by atoms with E-state index in [0.717, 1.165) is 18.5 Å². The number of hydrogen-bond donors (Lipinski definition) is 2. The van der Waals surface area contributed by atoms with Gasteiger partial charge in [-0.25, -0.2) is 0 Å². The van der Waals surface area contributed by atoms with E-state index in [2.05, 4.69) is 11.1 Å². The minimum atomic E-state index is -0.778. The minimum Gasteiger partial charge on any atom is -0.388 e. The van der Waals surface area contributed by atoms with Gasteiger partial charge >= 0.3 is 0 Å². The number of aryl methyl sites for hydroxylation is 1. The van der Waals surface area contributed by atoms with E-state index in [4.69, 9.17) is 5.73 Å². The van der Waals surface area contributed by atoms with Crippen LogP contribution in [0.3, 0.4) is 0 Å². The van der Waals surface area contributed by atoms with Gasteiger partial charge in [0, 0.05) is 24.4 Å². The molecule has 0 aliphatic heterocycles. The predicted octanol–water partition coefficient (Wildman–Crippen LogP) is 1.21. The molecule has 0 amide bonds. The molecule has 2 atom stereocenters. The summed E-state index contributed by atoms with van der Waals surface area (Å²) in [7, 11) is 0. The second-order valence-corrected chi connectivity index (χ2v) is 4.30. The van der Waals surface area contributed by atoms with E-state index in [0.29, 0.717) is 13.0 Å². The normalized spacial score (nSPS) is 23.5. The first-order valence-electron chi connectivity index (χ1n) is 5.57. The van der Waals surface area contributed by atoms with Crippen LogP contribution in [0.1, 0.15) is 36.9 Å². The zero-order valence-electron chi connectivity index (χ0n) is 9.11. The molecule has 1 aliphatic rings. The van der Waals surface area contributed by atoms with Gasteiger partial charge in [-0.3, -0.25) is 4.98 Å². The molecule has 0 fully saturated rings. The minimum absolute atomic E-state index is 0.115. The first kappa shape index (κ1) is 10.6. The number of hydrogen-bond acceptors (Lipinski definition) is 3. The molecule has 15 heavy (non-hydrogen) atoms. The molecule has 0 saturated heterocycles. The van der Waals surface area contributed by atoms with Gasteiger partial charge in [0.25, 0.3) is 0 Å². The molecule has 0 aromatic carbocycles. The summed E-state index contributed by atoms with van der Waals surface area (Å²) in [6.45, 7) is 2.29. The summed E-state index contributed by atoms with van der Waals surface area (Å²) < 4.78 is 0. The first-order chi connectivity index (χ1) is 7.21. The highest BCUT2D eigenvalue weighted by atomic mass is 16.3. The van der Waals surface area contributed by atoms with Crippen molar-refractivity contribution in [3.8, 4) is 0 Å². The van der Waals surface area contributed by atoms with Crippen LogP contribution in [0, 0.1) is 0 Å². The van der Waals surface area contributed by atoms with Crippen molar-refractivity contribution in [1.29, 1.82) is 0 Å². The number of pyridine rings is 1. The highest BCUT2D eigenvalue weighted by Gasteiger charge is 2.39. The van der Waals surface area contributed by atoms with Crippen molar-refractivity contribution in [3.63, 3.8) is 0 Å². The monoisotopic (exact) mass is 206 g/mol. The van der Waals surface area contributed by atoms with Gasteiger partial charge in [-0.15, -0.1) is 0 Å². The Labute approximate surface area is 90.3 Å². The molecule has 3 nitrogen and oxygen atoms in total. The average molecular weight is 206 g/mol. The van der Waals surface area contributed by atoms with Crippen LogP contribution in [0.25, 0.3) is 0 Å². The Hall–Kier alpha value is -0.930. The van der Waals surface area contributed by atoms with Gasteiger partial charge in [-0.1, -0.05) is 13.0 Å². The van der Waals surface area contributed by atoms with E-state index in [1.54, 1.807) is 6.20 Å². The standard InChI is InChI=1S/C12H18N2O/c1-2-12(15,8-13)10-6-5-9-4-3-7-14-11(9)10/h3-4,7,10,15H,2,5-6,8,13H2,1H3. The number of fused-ring (bicyclic) bond motifs is 1. The Morgan fingerprint density at radius 3 is 3.13 bits per heavy atom. The molecule has 3 heteroatoms. The van der Waals surface area contributed by atoms with Gasteiger partial charge in [0.2, 0.25) is 0 Å². The van der Waals surface area contributed by atoms with Crippen LogP contribution in [0.15, 0.2) is 18.3 Å². The van der Waals surface area contributed by atoms with Crippen molar-refractivity contribution in [2.24, 2.45) is 5.73 Å². The molecule has 2 unspecified atom stereocenters. The maximum Gasteiger partial charge on any atom is 0.0850 e. The number of nitrogens with two attached hydrogens (primary N) is 1. The molecule has 0 spiro atoms. The Morgan fingerprint density at radius 1 is 1.67 bits per heavy atom. The van der Waals surface area contributed by atoms with Crippen LogP contribution in [-0.2, 0) is 6.42 Å². The fourth-order valence-corrected chi connectivity index (χ4v) is 2.47. The fraction of sp³-hybridized carbons (Fsp3) is 0.583. The van der Waals surface area contributed by atoms with Crippen molar-refractivity contribution >= 4 is 0 Å². The lowest BCUT2D eigenvalue weighted by atomic mass is 9.83. The lowest BCUT2D eigenvalue weighted by Crippen LogP contribution is -2.42. The zero-order valence-corrected chi connectivity index (χ0v) is 9.11. The average Bonchev–Trinajstić information content (AvgIpc) is 2.72. The number of aliphatic hydroxyl groups is 1. The summed E-state index contributed by atoms with van der Waals surface area (Å²) in [5.41, 5.74) is 7.21. The van der Waals surface area contributed by atoms with Crippen LogP contribution in [-0.4, -0.2) is 22.2 Å². The maximum absolute atomic E-state index is 10.4. The molecular weight excluding hydrogens is 188 g/mol. The maximum atomic E-state index is 10.4. The second-order valence-electron chi connectivity index (χ2n) is 4.30. The fourth-order valence-electron chi connectivity index (χ4n) is 2.47. The first-order valence-corrected chi connectivity index (χ1v) is 5.57. The van der Waals surface area contributed by atoms with Crippen molar-refractivity contribution in [2.75, 3.05) is 6.54 Å². The summed E-state index contributed by atoms with van der Waals surface area (Å²) in [6.07, 6.45) is 4.46. The Kier molecular flexibility index (Phi) is 2.76. The summed E-state index contributed by atoms with van der Waals surface area (Å²) in [5, 5.41) is 10.4. The summed E-state index contributed by atoms with van der Waals surface area (Å²) >= 11 is 0. The molecule has 0 radical (unpaired) electrons. The zero-order chi connectivity index (χ0) is 10.9. The molecule has 2 rings (SSSR count). The molecule has 3 N–H and O–H groups in total. The third-order valence-corrected chi connectivity index (χ3v) is 3.57. The van der Waals surface area contributed by atoms with Crippen molar-refractivity contribution in [2.45, 2.75) is 37.7 Å². The summed E-state index contributed by atoms with van der Waals surface area (Å²) in [5.74, 6) is 0.115. The SMILES string of the molecule is CCC(O)(CN)C1CCc2cccnc21. The smallest absolute Gasteiger partial charge is 0.0850 e. The third-order valence-electron chi connectivity index (χ3n) is 3.57. The Bertz CT molecular complexity index is 347. The van der Waals surface area contributed by atoms with Crippen molar-refractivity contribution < 1.29 is 5.11 Å². The van der Waals surface area contributed by atoms with E-state index in [9.17, 15) is 5.11 Å².